The third-order valence-electron chi connectivity index (χ3n) is 2.82. The van der Waals surface area contributed by atoms with Gasteiger partial charge in [0.15, 0.2) is 0 Å². The molecule has 0 saturated heterocycles. The zero-order valence-electron chi connectivity index (χ0n) is 9.07. The van der Waals surface area contributed by atoms with E-state index in [2.05, 4.69) is 5.32 Å². The Morgan fingerprint density at radius 1 is 1.35 bits per heavy atom. The van der Waals surface area contributed by atoms with Crippen molar-refractivity contribution in [1.82, 2.24) is 5.32 Å². The van der Waals surface area contributed by atoms with E-state index in [1.54, 1.807) is 0 Å². The van der Waals surface area contributed by atoms with Crippen LogP contribution in [0.3, 0.4) is 0 Å². The molecule has 0 bridgehead atoms. The summed E-state index contributed by atoms with van der Waals surface area (Å²) in [6, 6.07) is 0.400. The van der Waals surface area contributed by atoms with Gasteiger partial charge in [-0.3, -0.25) is 0 Å². The Labute approximate surface area is 95.6 Å². The number of methoxy groups -OCH3 is 1. The Balaban J connectivity index is 2.57. The number of hydrogen-bond donors (Lipinski definition) is 1. The molecule has 0 aliphatic carbocycles. The van der Waals surface area contributed by atoms with Gasteiger partial charge in [0.2, 0.25) is 0 Å². The summed E-state index contributed by atoms with van der Waals surface area (Å²) in [7, 11) is 1.36. The highest BCUT2D eigenvalue weighted by Crippen LogP contribution is 2.40. The van der Waals surface area contributed by atoms with Gasteiger partial charge in [0, 0.05) is 17.7 Å². The second-order valence-corrected chi connectivity index (χ2v) is 3.82. The summed E-state index contributed by atoms with van der Waals surface area (Å²) >= 11 is 0. The maximum atomic E-state index is 13.6. The van der Waals surface area contributed by atoms with Gasteiger partial charge in [-0.05, 0) is 18.6 Å². The maximum absolute atomic E-state index is 13.6. The zero-order chi connectivity index (χ0) is 12.6. The fraction of sp³-hybridized carbons (Fsp3) is 0.455. The van der Waals surface area contributed by atoms with Gasteiger partial charge in [-0.25, -0.2) is 4.39 Å². The summed E-state index contributed by atoms with van der Waals surface area (Å²) in [5, 5.41) is 2.29. The third kappa shape index (κ3) is 2.09. The minimum atomic E-state index is -4.51. The lowest BCUT2D eigenvalue weighted by Gasteiger charge is -2.29. The van der Waals surface area contributed by atoms with Gasteiger partial charge in [-0.15, -0.1) is 0 Å². The van der Waals surface area contributed by atoms with Gasteiger partial charge < -0.3 is 10.1 Å². The summed E-state index contributed by atoms with van der Waals surface area (Å²) in [6.07, 6.45) is -4.19. The highest BCUT2D eigenvalue weighted by atomic mass is 19.4. The van der Waals surface area contributed by atoms with Crippen molar-refractivity contribution in [2.45, 2.75) is 18.6 Å². The molecular weight excluding hydrogens is 238 g/mol. The molecule has 1 atom stereocenters. The molecule has 2 nitrogen and oxygen atoms in total. The van der Waals surface area contributed by atoms with Gasteiger partial charge in [-0.1, -0.05) is 0 Å². The predicted molar refractivity (Wildman–Crippen MR) is 53.5 cm³/mol. The van der Waals surface area contributed by atoms with E-state index in [9.17, 15) is 17.6 Å². The van der Waals surface area contributed by atoms with Crippen LogP contribution in [0.5, 0.6) is 5.75 Å². The monoisotopic (exact) mass is 249 g/mol. The first-order chi connectivity index (χ1) is 7.95. The summed E-state index contributed by atoms with van der Waals surface area (Å²) < 4.78 is 56.8. The molecule has 0 saturated carbocycles. The quantitative estimate of drug-likeness (QED) is 0.772. The highest BCUT2D eigenvalue weighted by molar-refractivity contribution is 5.45. The normalized spacial score (nSPS) is 19.9. The lowest BCUT2D eigenvalue weighted by molar-refractivity contribution is -0.159. The van der Waals surface area contributed by atoms with Gasteiger partial charge in [0.1, 0.15) is 17.6 Å². The molecule has 2 rings (SSSR count). The van der Waals surface area contributed by atoms with E-state index >= 15 is 0 Å². The lowest BCUT2D eigenvalue weighted by atomic mass is 9.92. The largest absolute Gasteiger partial charge is 0.496 e. The minimum absolute atomic E-state index is 0.150. The van der Waals surface area contributed by atoms with E-state index in [0.29, 0.717) is 17.7 Å². The number of hydrogen-bond acceptors (Lipinski definition) is 2. The first-order valence-electron chi connectivity index (χ1n) is 5.10. The van der Waals surface area contributed by atoms with Crippen LogP contribution in [0.4, 0.5) is 17.6 Å². The molecule has 1 unspecified atom stereocenters. The Hall–Kier alpha value is -1.30. The predicted octanol–water partition coefficient (Wildman–Crippen LogP) is 2.58. The number of benzene rings is 1. The molecule has 1 aliphatic rings. The molecule has 0 radical (unpaired) electrons. The number of halogens is 4. The topological polar surface area (TPSA) is 21.3 Å². The van der Waals surface area contributed by atoms with Gasteiger partial charge in [-0.2, -0.15) is 13.2 Å². The van der Waals surface area contributed by atoms with Crippen LogP contribution < -0.4 is 10.1 Å². The smallest absolute Gasteiger partial charge is 0.408 e. The van der Waals surface area contributed by atoms with Crippen LogP contribution in [0.25, 0.3) is 0 Å². The van der Waals surface area contributed by atoms with Crippen molar-refractivity contribution in [3.63, 3.8) is 0 Å². The van der Waals surface area contributed by atoms with Gasteiger partial charge in [0.25, 0.3) is 0 Å². The second-order valence-electron chi connectivity index (χ2n) is 3.82. The van der Waals surface area contributed by atoms with Crippen molar-refractivity contribution in [3.05, 3.63) is 29.1 Å². The number of rotatable bonds is 1. The molecular formula is C11H11F4NO. The summed E-state index contributed by atoms with van der Waals surface area (Å²) in [5.74, 6) is -0.549. The van der Waals surface area contributed by atoms with Crippen LogP contribution >= 0.6 is 0 Å². The zero-order valence-corrected chi connectivity index (χ0v) is 9.07. The van der Waals surface area contributed by atoms with Gasteiger partial charge in [0.05, 0.1) is 7.11 Å². The molecule has 94 valence electrons. The average Bonchev–Trinajstić information content (AvgIpc) is 2.28. The Morgan fingerprint density at radius 2 is 2.06 bits per heavy atom. The molecule has 1 N–H and O–H groups in total. The fourth-order valence-electron chi connectivity index (χ4n) is 2.10. The molecule has 6 heteroatoms. The van der Waals surface area contributed by atoms with Crippen molar-refractivity contribution in [2.24, 2.45) is 0 Å². The van der Waals surface area contributed by atoms with Crippen LogP contribution in [-0.4, -0.2) is 19.8 Å². The van der Waals surface area contributed by atoms with Crippen molar-refractivity contribution < 1.29 is 22.3 Å². The molecule has 0 spiro atoms. The second kappa shape index (κ2) is 4.18. The van der Waals surface area contributed by atoms with Crippen LogP contribution in [0.2, 0.25) is 0 Å². The van der Waals surface area contributed by atoms with Crippen molar-refractivity contribution >= 4 is 0 Å². The SMILES string of the molecule is COc1ccc(F)c2c1CCNC2C(F)(F)F. The number of alkyl halides is 3. The summed E-state index contributed by atoms with van der Waals surface area (Å²) in [5.41, 5.74) is -0.0447. The maximum Gasteiger partial charge on any atom is 0.408 e. The van der Waals surface area contributed by atoms with Crippen molar-refractivity contribution in [2.75, 3.05) is 13.7 Å². The van der Waals surface area contributed by atoms with E-state index in [4.69, 9.17) is 4.74 Å². The Morgan fingerprint density at radius 3 is 2.65 bits per heavy atom. The summed E-state index contributed by atoms with van der Waals surface area (Å²) in [4.78, 5) is 0. The lowest BCUT2D eigenvalue weighted by Crippen LogP contribution is -2.40. The Bertz CT molecular complexity index is 430. The fourth-order valence-corrected chi connectivity index (χ4v) is 2.10. The molecule has 0 fully saturated rings. The van der Waals surface area contributed by atoms with E-state index in [0.717, 1.165) is 6.07 Å². The molecule has 0 aromatic heterocycles. The first-order valence-corrected chi connectivity index (χ1v) is 5.10. The van der Waals surface area contributed by atoms with E-state index < -0.39 is 18.0 Å². The van der Waals surface area contributed by atoms with E-state index in [-0.39, 0.29) is 12.1 Å². The Kier molecular flexibility index (Phi) is 2.99. The number of nitrogens with one attached hydrogen (secondary N) is 1. The van der Waals surface area contributed by atoms with Crippen molar-refractivity contribution in [1.29, 1.82) is 0 Å². The molecule has 1 aromatic rings. The van der Waals surface area contributed by atoms with Crippen LogP contribution in [0, 0.1) is 5.82 Å². The van der Waals surface area contributed by atoms with Crippen LogP contribution in [0.1, 0.15) is 17.2 Å². The highest BCUT2D eigenvalue weighted by Gasteiger charge is 2.45. The molecule has 1 heterocycles. The first kappa shape index (κ1) is 12.2. The third-order valence-corrected chi connectivity index (χ3v) is 2.82. The van der Waals surface area contributed by atoms with E-state index in [1.807, 2.05) is 0 Å². The number of fused-ring (bicyclic) bond motifs is 1. The van der Waals surface area contributed by atoms with Gasteiger partial charge >= 0.3 is 6.18 Å². The summed E-state index contributed by atoms with van der Waals surface area (Å²) in [6.45, 7) is 0.150. The standard InChI is InChI=1S/C11H11F4NO/c1-17-8-3-2-7(12)9-6(8)4-5-16-10(9)11(13,14)15/h2-3,10,16H,4-5H2,1H3. The van der Waals surface area contributed by atoms with Crippen LogP contribution in [0.15, 0.2) is 12.1 Å². The average molecular weight is 249 g/mol. The van der Waals surface area contributed by atoms with E-state index in [1.165, 1.54) is 13.2 Å². The van der Waals surface area contributed by atoms with Crippen LogP contribution in [-0.2, 0) is 6.42 Å². The molecule has 1 aliphatic heterocycles. The number of ether oxygens (including phenoxy) is 1. The molecule has 0 amide bonds. The molecule has 1 aromatic carbocycles. The minimum Gasteiger partial charge on any atom is -0.496 e. The van der Waals surface area contributed by atoms with Crippen molar-refractivity contribution in [3.8, 4) is 5.75 Å². The molecule has 17 heavy (non-hydrogen) atoms.